The highest BCUT2D eigenvalue weighted by atomic mass is 127. The van der Waals surface area contributed by atoms with Gasteiger partial charge in [-0.1, -0.05) is 0 Å². The third-order valence-electron chi connectivity index (χ3n) is 5.46. The highest BCUT2D eigenvalue weighted by Gasteiger charge is 2.16. The molecule has 30 heavy (non-hydrogen) atoms. The Balaban J connectivity index is 0.00000320. The number of nitrogens with zero attached hydrogens (tertiary/aromatic N) is 4. The predicted octanol–water partition coefficient (Wildman–Crippen LogP) is 1.56. The van der Waals surface area contributed by atoms with Crippen molar-refractivity contribution in [3.05, 3.63) is 23.9 Å². The monoisotopic (exact) mass is 532 g/mol. The van der Waals surface area contributed by atoms with Gasteiger partial charge in [0.25, 0.3) is 0 Å². The van der Waals surface area contributed by atoms with E-state index in [0.29, 0.717) is 5.92 Å². The average molecular weight is 532 g/mol. The van der Waals surface area contributed by atoms with E-state index in [4.69, 9.17) is 9.47 Å². The van der Waals surface area contributed by atoms with Gasteiger partial charge in [0, 0.05) is 71.6 Å². The van der Waals surface area contributed by atoms with E-state index in [9.17, 15) is 0 Å². The van der Waals surface area contributed by atoms with Gasteiger partial charge in [-0.3, -0.25) is 4.99 Å². The molecule has 0 spiro atoms. The number of halogens is 1. The third kappa shape index (κ3) is 8.52. The zero-order chi connectivity index (χ0) is 20.3. The average Bonchev–Trinajstić information content (AvgIpc) is 3.27. The van der Waals surface area contributed by atoms with E-state index in [2.05, 4.69) is 49.6 Å². The number of ether oxygens (including phenoxy) is 2. The Hall–Kier alpha value is -1.17. The standard InChI is InChI=1S/C21H36N6O2.HI/c1-22-21(24-6-3-12-28-16-19-5-13-29-17-19)25-15-18-4-7-23-20(14-18)27-10-8-26(2)9-11-27;/h4,7,14,19H,3,5-6,8-13,15-17H2,1-2H3,(H2,22,24,25);1H. The molecule has 2 aliphatic rings. The minimum Gasteiger partial charge on any atom is -0.381 e. The van der Waals surface area contributed by atoms with Crippen LogP contribution in [0.25, 0.3) is 0 Å². The van der Waals surface area contributed by atoms with Gasteiger partial charge in [-0.25, -0.2) is 4.98 Å². The Kier molecular flexibility index (Phi) is 11.7. The lowest BCUT2D eigenvalue weighted by atomic mass is 10.1. The van der Waals surface area contributed by atoms with Crippen molar-refractivity contribution in [1.29, 1.82) is 0 Å². The zero-order valence-electron chi connectivity index (χ0n) is 18.3. The number of piperazine rings is 1. The predicted molar refractivity (Wildman–Crippen MR) is 132 cm³/mol. The molecule has 2 fully saturated rings. The summed E-state index contributed by atoms with van der Waals surface area (Å²) in [5, 5.41) is 6.74. The van der Waals surface area contributed by atoms with Crippen LogP contribution in [0.2, 0.25) is 0 Å². The number of pyridine rings is 1. The van der Waals surface area contributed by atoms with E-state index >= 15 is 0 Å². The Morgan fingerprint density at radius 3 is 2.87 bits per heavy atom. The molecular formula is C21H37IN6O2. The Morgan fingerprint density at radius 1 is 1.30 bits per heavy atom. The molecule has 0 bridgehead atoms. The number of nitrogens with one attached hydrogen (secondary N) is 2. The number of anilines is 1. The summed E-state index contributed by atoms with van der Waals surface area (Å²) < 4.78 is 11.1. The fourth-order valence-electron chi connectivity index (χ4n) is 3.53. The maximum absolute atomic E-state index is 5.74. The smallest absolute Gasteiger partial charge is 0.191 e. The highest BCUT2D eigenvalue weighted by molar-refractivity contribution is 14.0. The van der Waals surface area contributed by atoms with Crippen molar-refractivity contribution >= 4 is 35.8 Å². The Labute approximate surface area is 197 Å². The van der Waals surface area contributed by atoms with Gasteiger partial charge in [-0.05, 0) is 37.6 Å². The van der Waals surface area contributed by atoms with Gasteiger partial charge in [-0.15, -0.1) is 24.0 Å². The molecule has 0 amide bonds. The Morgan fingerprint density at radius 2 is 2.13 bits per heavy atom. The molecule has 1 atom stereocenters. The highest BCUT2D eigenvalue weighted by Crippen LogP contribution is 2.15. The maximum atomic E-state index is 5.74. The number of aliphatic imine (C=N–C) groups is 1. The lowest BCUT2D eigenvalue weighted by Crippen LogP contribution is -2.44. The van der Waals surface area contributed by atoms with E-state index < -0.39 is 0 Å². The van der Waals surface area contributed by atoms with Crippen molar-refractivity contribution < 1.29 is 9.47 Å². The van der Waals surface area contributed by atoms with Gasteiger partial charge in [0.2, 0.25) is 0 Å². The molecule has 8 nitrogen and oxygen atoms in total. The molecule has 0 aliphatic carbocycles. The molecule has 2 saturated heterocycles. The summed E-state index contributed by atoms with van der Waals surface area (Å²) in [4.78, 5) is 13.6. The molecule has 0 aromatic carbocycles. The van der Waals surface area contributed by atoms with Gasteiger partial charge in [0.15, 0.2) is 5.96 Å². The van der Waals surface area contributed by atoms with Crippen LogP contribution in [0.5, 0.6) is 0 Å². The zero-order valence-corrected chi connectivity index (χ0v) is 20.6. The first-order valence-corrected chi connectivity index (χ1v) is 10.7. The molecule has 3 heterocycles. The molecule has 0 radical (unpaired) electrons. The first-order valence-electron chi connectivity index (χ1n) is 10.7. The molecule has 3 rings (SSSR count). The molecule has 0 saturated carbocycles. The summed E-state index contributed by atoms with van der Waals surface area (Å²) in [6, 6.07) is 4.23. The van der Waals surface area contributed by atoms with E-state index in [1.54, 1.807) is 7.05 Å². The summed E-state index contributed by atoms with van der Waals surface area (Å²) >= 11 is 0. The van der Waals surface area contributed by atoms with Gasteiger partial charge >= 0.3 is 0 Å². The fourth-order valence-corrected chi connectivity index (χ4v) is 3.53. The third-order valence-corrected chi connectivity index (χ3v) is 5.46. The molecule has 9 heteroatoms. The minimum absolute atomic E-state index is 0. The lowest BCUT2D eigenvalue weighted by molar-refractivity contribution is 0.0888. The molecule has 1 aromatic heterocycles. The van der Waals surface area contributed by atoms with Crippen LogP contribution in [0.4, 0.5) is 5.82 Å². The SMILES string of the molecule is CN=C(NCCCOCC1CCOC1)NCc1ccnc(N2CCN(C)CC2)c1.I. The molecule has 1 unspecified atom stereocenters. The first kappa shape index (κ1) is 25.1. The first-order chi connectivity index (χ1) is 14.2. The summed E-state index contributed by atoms with van der Waals surface area (Å²) in [5.41, 5.74) is 1.21. The minimum atomic E-state index is 0. The molecular weight excluding hydrogens is 495 g/mol. The van der Waals surface area contributed by atoms with E-state index in [1.807, 2.05) is 6.20 Å². The molecule has 170 valence electrons. The number of rotatable bonds is 9. The van der Waals surface area contributed by atoms with Crippen LogP contribution in [0.3, 0.4) is 0 Å². The topological polar surface area (TPSA) is 74.2 Å². The van der Waals surface area contributed by atoms with Gasteiger partial charge < -0.3 is 29.9 Å². The fraction of sp³-hybridized carbons (Fsp3) is 0.714. The second-order valence-corrected chi connectivity index (χ2v) is 7.82. The van der Waals surface area contributed by atoms with E-state index in [1.165, 1.54) is 5.56 Å². The number of hydrogen-bond donors (Lipinski definition) is 2. The van der Waals surface area contributed by atoms with Crippen molar-refractivity contribution in [1.82, 2.24) is 20.5 Å². The second-order valence-electron chi connectivity index (χ2n) is 7.82. The normalized spacial score (nSPS) is 20.1. The summed E-state index contributed by atoms with van der Waals surface area (Å²) in [6.07, 6.45) is 3.98. The van der Waals surface area contributed by atoms with Crippen molar-refractivity contribution in [2.75, 3.05) is 78.1 Å². The molecule has 2 aliphatic heterocycles. The van der Waals surface area contributed by atoms with Gasteiger partial charge in [-0.2, -0.15) is 0 Å². The van der Waals surface area contributed by atoms with Crippen molar-refractivity contribution in [2.24, 2.45) is 10.9 Å². The summed E-state index contributed by atoms with van der Waals surface area (Å²) in [7, 11) is 3.97. The number of aromatic nitrogens is 1. The van der Waals surface area contributed by atoms with Crippen LogP contribution in [0.1, 0.15) is 18.4 Å². The van der Waals surface area contributed by atoms with Crippen LogP contribution in [0, 0.1) is 5.92 Å². The van der Waals surface area contributed by atoms with Crippen LogP contribution in [-0.4, -0.2) is 89.1 Å². The van der Waals surface area contributed by atoms with Gasteiger partial charge in [0.1, 0.15) is 5.82 Å². The number of likely N-dealkylation sites (N-methyl/N-ethyl adjacent to an activating group) is 1. The van der Waals surface area contributed by atoms with E-state index in [-0.39, 0.29) is 24.0 Å². The van der Waals surface area contributed by atoms with Crippen molar-refractivity contribution in [3.63, 3.8) is 0 Å². The lowest BCUT2D eigenvalue weighted by Gasteiger charge is -2.33. The van der Waals surface area contributed by atoms with Crippen molar-refractivity contribution in [2.45, 2.75) is 19.4 Å². The van der Waals surface area contributed by atoms with Crippen LogP contribution in [-0.2, 0) is 16.0 Å². The van der Waals surface area contributed by atoms with E-state index in [0.717, 1.165) is 90.3 Å². The summed E-state index contributed by atoms with van der Waals surface area (Å²) in [5.74, 6) is 2.45. The quantitative estimate of drug-likeness (QED) is 0.217. The second kappa shape index (κ2) is 14.0. The Bertz CT molecular complexity index is 634. The molecule has 2 N–H and O–H groups in total. The van der Waals surface area contributed by atoms with Crippen LogP contribution < -0.4 is 15.5 Å². The maximum Gasteiger partial charge on any atom is 0.191 e. The number of guanidine groups is 1. The van der Waals surface area contributed by atoms with Gasteiger partial charge in [0.05, 0.1) is 13.2 Å². The largest absolute Gasteiger partial charge is 0.381 e. The summed E-state index contributed by atoms with van der Waals surface area (Å²) in [6.45, 7) is 9.08. The van der Waals surface area contributed by atoms with Crippen LogP contribution in [0.15, 0.2) is 23.3 Å². The molecule has 1 aromatic rings. The van der Waals surface area contributed by atoms with Crippen LogP contribution >= 0.6 is 24.0 Å². The van der Waals surface area contributed by atoms with Crippen molar-refractivity contribution in [3.8, 4) is 0 Å². The number of hydrogen-bond acceptors (Lipinski definition) is 6.